The highest BCUT2D eigenvalue weighted by molar-refractivity contribution is 7.89. The molecule has 0 radical (unpaired) electrons. The zero-order chi connectivity index (χ0) is 18.9. The number of benzene rings is 1. The lowest BCUT2D eigenvalue weighted by Gasteiger charge is -2.34. The average molecular weight is 384 g/mol. The molecule has 1 aliphatic carbocycles. The van der Waals surface area contributed by atoms with E-state index in [1.54, 1.807) is 12.1 Å². The van der Waals surface area contributed by atoms with Crippen LogP contribution < -0.4 is 5.32 Å². The van der Waals surface area contributed by atoms with Crippen molar-refractivity contribution in [2.45, 2.75) is 38.4 Å². The largest absolute Gasteiger partial charge is 0.373 e. The monoisotopic (exact) mass is 384 g/mol. The fraction of sp³-hybridized carbons (Fsp3) is 0.611. The standard InChI is InChI=1S/C18H25FN2O4S/c1-12-10-21(11-13(2)25-12)26(23,24)8-7-20-18(22)17-9-16(17)14-3-5-15(19)6-4-14/h3-6,12-13,16-17H,7-11H2,1-2H3,(H,20,22). The van der Waals surface area contributed by atoms with E-state index in [4.69, 9.17) is 4.74 Å². The molecule has 0 bridgehead atoms. The van der Waals surface area contributed by atoms with Gasteiger partial charge in [-0.25, -0.2) is 12.8 Å². The van der Waals surface area contributed by atoms with Crippen LogP contribution in [0.25, 0.3) is 0 Å². The number of sulfonamides is 1. The highest BCUT2D eigenvalue weighted by Gasteiger charge is 2.43. The molecule has 1 heterocycles. The van der Waals surface area contributed by atoms with Crippen molar-refractivity contribution in [3.8, 4) is 0 Å². The van der Waals surface area contributed by atoms with E-state index in [1.165, 1.54) is 16.4 Å². The SMILES string of the molecule is CC1CN(S(=O)(=O)CCNC(=O)C2CC2c2ccc(F)cc2)CC(C)O1. The van der Waals surface area contributed by atoms with Crippen molar-refractivity contribution in [1.82, 2.24) is 9.62 Å². The zero-order valence-corrected chi connectivity index (χ0v) is 15.8. The van der Waals surface area contributed by atoms with Crippen molar-refractivity contribution in [2.75, 3.05) is 25.4 Å². The molecule has 2 fully saturated rings. The topological polar surface area (TPSA) is 75.7 Å². The van der Waals surface area contributed by atoms with E-state index < -0.39 is 10.0 Å². The van der Waals surface area contributed by atoms with Crippen molar-refractivity contribution in [3.05, 3.63) is 35.6 Å². The third kappa shape index (κ3) is 4.61. The predicted octanol–water partition coefficient (Wildman–Crippen LogP) is 1.48. The summed E-state index contributed by atoms with van der Waals surface area (Å²) in [4.78, 5) is 12.2. The van der Waals surface area contributed by atoms with Crippen LogP contribution in [0.15, 0.2) is 24.3 Å². The van der Waals surface area contributed by atoms with Crippen LogP contribution in [0.3, 0.4) is 0 Å². The molecule has 0 spiro atoms. The van der Waals surface area contributed by atoms with Gasteiger partial charge in [-0.2, -0.15) is 4.31 Å². The van der Waals surface area contributed by atoms with Crippen LogP contribution in [-0.2, 0) is 19.6 Å². The second-order valence-corrected chi connectivity index (χ2v) is 9.27. The number of hydrogen-bond acceptors (Lipinski definition) is 4. The molecule has 1 saturated heterocycles. The van der Waals surface area contributed by atoms with Gasteiger partial charge in [0.1, 0.15) is 5.82 Å². The summed E-state index contributed by atoms with van der Waals surface area (Å²) in [6, 6.07) is 6.16. The number of rotatable bonds is 6. The van der Waals surface area contributed by atoms with E-state index in [-0.39, 0.29) is 48.1 Å². The van der Waals surface area contributed by atoms with Crippen molar-refractivity contribution in [2.24, 2.45) is 5.92 Å². The molecule has 1 N–H and O–H groups in total. The Balaban J connectivity index is 1.46. The van der Waals surface area contributed by atoms with Crippen LogP contribution in [0.2, 0.25) is 0 Å². The van der Waals surface area contributed by atoms with Crippen molar-refractivity contribution >= 4 is 15.9 Å². The van der Waals surface area contributed by atoms with Crippen LogP contribution in [0.4, 0.5) is 4.39 Å². The highest BCUT2D eigenvalue weighted by atomic mass is 32.2. The summed E-state index contributed by atoms with van der Waals surface area (Å²) in [7, 11) is -3.42. The van der Waals surface area contributed by atoms with Gasteiger partial charge in [0, 0.05) is 25.6 Å². The van der Waals surface area contributed by atoms with E-state index in [0.717, 1.165) is 5.56 Å². The molecule has 1 aromatic carbocycles. The number of ether oxygens (including phenoxy) is 1. The van der Waals surface area contributed by atoms with Gasteiger partial charge in [0.2, 0.25) is 15.9 Å². The fourth-order valence-electron chi connectivity index (χ4n) is 3.48. The minimum absolute atomic E-state index is 0.0909. The molecule has 4 atom stereocenters. The average Bonchev–Trinajstić information content (AvgIpc) is 3.35. The lowest BCUT2D eigenvalue weighted by molar-refractivity contribution is -0.122. The Hall–Kier alpha value is -1.51. The van der Waals surface area contributed by atoms with Gasteiger partial charge in [-0.3, -0.25) is 4.79 Å². The number of nitrogens with one attached hydrogen (secondary N) is 1. The van der Waals surface area contributed by atoms with Crippen molar-refractivity contribution in [1.29, 1.82) is 0 Å². The summed E-state index contributed by atoms with van der Waals surface area (Å²) in [6.07, 6.45) is 0.444. The second kappa shape index (κ2) is 7.62. The number of hydrogen-bond donors (Lipinski definition) is 1. The Morgan fingerprint density at radius 2 is 1.85 bits per heavy atom. The van der Waals surface area contributed by atoms with E-state index in [0.29, 0.717) is 19.5 Å². The third-order valence-electron chi connectivity index (χ3n) is 4.86. The summed E-state index contributed by atoms with van der Waals surface area (Å²) in [5.74, 6) is -0.628. The molecule has 1 saturated carbocycles. The Morgan fingerprint density at radius 1 is 1.23 bits per heavy atom. The molecule has 1 aliphatic heterocycles. The quantitative estimate of drug-likeness (QED) is 0.806. The molecule has 6 nitrogen and oxygen atoms in total. The van der Waals surface area contributed by atoms with Crippen LogP contribution in [-0.4, -0.2) is 56.2 Å². The predicted molar refractivity (Wildman–Crippen MR) is 95.6 cm³/mol. The lowest BCUT2D eigenvalue weighted by atomic mass is 10.1. The van der Waals surface area contributed by atoms with Gasteiger partial charge in [0.25, 0.3) is 0 Å². The van der Waals surface area contributed by atoms with Gasteiger partial charge in [-0.1, -0.05) is 12.1 Å². The normalized spacial score (nSPS) is 29.3. The Morgan fingerprint density at radius 3 is 2.46 bits per heavy atom. The molecule has 26 heavy (non-hydrogen) atoms. The van der Waals surface area contributed by atoms with Gasteiger partial charge in [0.05, 0.1) is 18.0 Å². The maximum absolute atomic E-state index is 13.0. The third-order valence-corrected chi connectivity index (χ3v) is 6.67. The Labute approximate surface area is 153 Å². The van der Waals surface area contributed by atoms with Gasteiger partial charge < -0.3 is 10.1 Å². The maximum atomic E-state index is 13.0. The van der Waals surface area contributed by atoms with Crippen molar-refractivity contribution in [3.63, 3.8) is 0 Å². The minimum atomic E-state index is -3.42. The Bertz CT molecular complexity index is 743. The molecule has 4 unspecified atom stereocenters. The van der Waals surface area contributed by atoms with Crippen LogP contribution >= 0.6 is 0 Å². The number of halogens is 1. The maximum Gasteiger partial charge on any atom is 0.223 e. The molecule has 144 valence electrons. The first kappa shape index (κ1) is 19.3. The van der Waals surface area contributed by atoms with Gasteiger partial charge in [0.15, 0.2) is 0 Å². The summed E-state index contributed by atoms with van der Waals surface area (Å²) in [5, 5.41) is 2.72. The van der Waals surface area contributed by atoms with Crippen molar-refractivity contribution < 1.29 is 22.3 Å². The van der Waals surface area contributed by atoms with E-state index >= 15 is 0 Å². The molecule has 1 amide bonds. The zero-order valence-electron chi connectivity index (χ0n) is 15.0. The summed E-state index contributed by atoms with van der Waals surface area (Å²) >= 11 is 0. The smallest absolute Gasteiger partial charge is 0.223 e. The first-order chi connectivity index (χ1) is 12.3. The number of amides is 1. The van der Waals surface area contributed by atoms with Crippen LogP contribution in [0.1, 0.15) is 31.7 Å². The van der Waals surface area contributed by atoms with E-state index in [9.17, 15) is 17.6 Å². The first-order valence-electron chi connectivity index (χ1n) is 8.92. The number of morpholine rings is 1. The van der Waals surface area contributed by atoms with E-state index in [1.807, 2.05) is 13.8 Å². The fourth-order valence-corrected chi connectivity index (χ4v) is 4.98. The molecule has 8 heteroatoms. The van der Waals surface area contributed by atoms with E-state index in [2.05, 4.69) is 5.32 Å². The molecular formula is C18H25FN2O4S. The molecule has 2 aliphatic rings. The molecular weight excluding hydrogens is 359 g/mol. The second-order valence-electron chi connectivity index (χ2n) is 7.18. The number of nitrogens with zero attached hydrogens (tertiary/aromatic N) is 1. The summed E-state index contributed by atoms with van der Waals surface area (Å²) < 4.78 is 44.8. The molecule has 3 rings (SSSR count). The van der Waals surface area contributed by atoms with Crippen LogP contribution in [0, 0.1) is 11.7 Å². The minimum Gasteiger partial charge on any atom is -0.373 e. The van der Waals surface area contributed by atoms with Crippen LogP contribution in [0.5, 0.6) is 0 Å². The van der Waals surface area contributed by atoms with Gasteiger partial charge >= 0.3 is 0 Å². The summed E-state index contributed by atoms with van der Waals surface area (Å²) in [5.41, 5.74) is 0.940. The number of carbonyl (C=O) groups is 1. The van der Waals surface area contributed by atoms with Gasteiger partial charge in [-0.15, -0.1) is 0 Å². The molecule has 0 aromatic heterocycles. The summed E-state index contributed by atoms with van der Waals surface area (Å²) in [6.45, 7) is 4.48. The first-order valence-corrected chi connectivity index (χ1v) is 10.5. The lowest BCUT2D eigenvalue weighted by Crippen LogP contribution is -2.49. The Kier molecular flexibility index (Phi) is 5.64. The molecule has 1 aromatic rings. The highest BCUT2D eigenvalue weighted by Crippen LogP contribution is 2.47. The van der Waals surface area contributed by atoms with Gasteiger partial charge in [-0.05, 0) is 43.9 Å². The number of carbonyl (C=O) groups excluding carboxylic acids is 1.